The number of rotatable bonds is 6. The molecule has 2 aromatic carbocycles. The highest BCUT2D eigenvalue weighted by molar-refractivity contribution is 6.01. The minimum Gasteiger partial charge on any atom is -0.481 e. The average Bonchev–Trinajstić information content (AvgIpc) is 3.01. The molecule has 0 fully saturated rings. The number of nitrogens with one attached hydrogen (secondary N) is 2. The summed E-state index contributed by atoms with van der Waals surface area (Å²) in [5.74, 6) is -1.59. The first-order valence-corrected chi connectivity index (χ1v) is 8.07. The van der Waals surface area contributed by atoms with Crippen molar-refractivity contribution in [3.8, 4) is 16.9 Å². The molecule has 0 aliphatic carbocycles. The van der Waals surface area contributed by atoms with Crippen molar-refractivity contribution in [2.45, 2.75) is 19.2 Å². The van der Waals surface area contributed by atoms with E-state index >= 15 is 0 Å². The minimum absolute atomic E-state index is 0.173. The summed E-state index contributed by atoms with van der Waals surface area (Å²) in [7, 11) is 0. The Kier molecular flexibility index (Phi) is 5.21. The van der Waals surface area contributed by atoms with Crippen LogP contribution in [0.3, 0.4) is 0 Å². The van der Waals surface area contributed by atoms with Crippen LogP contribution < -0.4 is 10.1 Å². The molecule has 0 aliphatic heterocycles. The van der Waals surface area contributed by atoms with Gasteiger partial charge in [-0.3, -0.25) is 14.7 Å². The van der Waals surface area contributed by atoms with Gasteiger partial charge in [0, 0.05) is 11.8 Å². The van der Waals surface area contributed by atoms with E-state index in [1.54, 1.807) is 18.2 Å². The van der Waals surface area contributed by atoms with Crippen LogP contribution in [0.25, 0.3) is 22.0 Å². The van der Waals surface area contributed by atoms with Crippen LogP contribution in [0.5, 0.6) is 5.75 Å². The topological polar surface area (TPSA) is 104 Å². The maximum absolute atomic E-state index is 12.2. The van der Waals surface area contributed by atoms with Gasteiger partial charge in [-0.25, -0.2) is 0 Å². The van der Waals surface area contributed by atoms with Gasteiger partial charge in [-0.15, -0.1) is 13.2 Å². The van der Waals surface area contributed by atoms with Gasteiger partial charge in [0.05, 0.1) is 11.9 Å². The largest absolute Gasteiger partial charge is 0.573 e. The van der Waals surface area contributed by atoms with Crippen molar-refractivity contribution in [1.29, 1.82) is 0 Å². The highest BCUT2D eigenvalue weighted by Gasteiger charge is 2.30. The number of hydrogen-bond donors (Lipinski definition) is 3. The van der Waals surface area contributed by atoms with Crippen LogP contribution in [-0.2, 0) is 9.59 Å². The molecule has 1 amide bonds. The van der Waals surface area contributed by atoms with Gasteiger partial charge < -0.3 is 15.2 Å². The van der Waals surface area contributed by atoms with Gasteiger partial charge >= 0.3 is 12.3 Å². The number of halogens is 3. The van der Waals surface area contributed by atoms with Gasteiger partial charge in [0.25, 0.3) is 0 Å². The van der Waals surface area contributed by atoms with Crippen LogP contribution in [0.15, 0.2) is 42.5 Å². The van der Waals surface area contributed by atoms with Crippen LogP contribution in [-0.4, -0.2) is 33.5 Å². The number of carbonyl (C=O) groups is 2. The second-order valence-electron chi connectivity index (χ2n) is 5.85. The Bertz CT molecular complexity index is 1010. The first-order chi connectivity index (χ1) is 13.2. The van der Waals surface area contributed by atoms with Gasteiger partial charge in [-0.1, -0.05) is 18.2 Å². The number of aromatic nitrogens is 2. The molecule has 0 aliphatic rings. The number of alkyl halides is 3. The number of H-pyrrole nitrogens is 1. The van der Waals surface area contributed by atoms with E-state index in [1.165, 1.54) is 24.3 Å². The number of nitrogens with zero attached hydrogens (tertiary/aromatic N) is 1. The summed E-state index contributed by atoms with van der Waals surface area (Å²) in [4.78, 5) is 22.3. The zero-order valence-corrected chi connectivity index (χ0v) is 14.2. The molecule has 146 valence electrons. The molecule has 0 radical (unpaired) electrons. The van der Waals surface area contributed by atoms with Crippen LogP contribution in [0.2, 0.25) is 0 Å². The number of anilines is 1. The molecule has 0 unspecified atom stereocenters. The molecule has 0 saturated carbocycles. The van der Waals surface area contributed by atoms with Crippen LogP contribution in [0, 0.1) is 0 Å². The predicted octanol–water partition coefficient (Wildman–Crippen LogP) is 3.93. The zero-order valence-electron chi connectivity index (χ0n) is 14.2. The van der Waals surface area contributed by atoms with Crippen LogP contribution in [0.1, 0.15) is 12.8 Å². The lowest BCUT2D eigenvalue weighted by molar-refractivity contribution is -0.274. The Morgan fingerprint density at radius 3 is 2.39 bits per heavy atom. The van der Waals surface area contributed by atoms with Gasteiger partial charge in [-0.05, 0) is 35.4 Å². The summed E-state index contributed by atoms with van der Waals surface area (Å²) in [5.41, 5.74) is 1.98. The maximum Gasteiger partial charge on any atom is 0.573 e. The molecule has 1 aromatic heterocycles. The van der Waals surface area contributed by atoms with Gasteiger partial charge in [-0.2, -0.15) is 5.10 Å². The lowest BCUT2D eigenvalue weighted by atomic mass is 10.0. The standard InChI is InChI=1S/C18H14F3N3O4/c19-18(20,21)28-12-4-1-10(2-5-12)11-3-6-13-14(9-11)23-24-17(13)22-15(25)7-8-16(26)27/h1-6,9H,7-8H2,(H,26,27)(H2,22,23,24,25). The van der Waals surface area contributed by atoms with E-state index in [0.717, 1.165) is 5.56 Å². The Morgan fingerprint density at radius 1 is 1.07 bits per heavy atom. The van der Waals surface area contributed by atoms with E-state index in [0.29, 0.717) is 16.5 Å². The van der Waals surface area contributed by atoms with Crippen LogP contribution >= 0.6 is 0 Å². The Morgan fingerprint density at radius 2 is 1.75 bits per heavy atom. The van der Waals surface area contributed by atoms with Gasteiger partial charge in [0.2, 0.25) is 5.91 Å². The molecule has 3 rings (SSSR count). The summed E-state index contributed by atoms with van der Waals surface area (Å²) in [6, 6.07) is 10.6. The molecule has 3 N–H and O–H groups in total. The number of aliphatic carboxylic acids is 1. The summed E-state index contributed by atoms with van der Waals surface area (Å²) < 4.78 is 40.5. The molecule has 0 spiro atoms. The maximum atomic E-state index is 12.2. The van der Waals surface area contributed by atoms with E-state index in [9.17, 15) is 22.8 Å². The van der Waals surface area contributed by atoms with Gasteiger partial charge in [0.1, 0.15) is 5.75 Å². The minimum atomic E-state index is -4.75. The third kappa shape index (κ3) is 4.78. The monoisotopic (exact) mass is 393 g/mol. The van der Waals surface area contributed by atoms with Crippen molar-refractivity contribution in [3.05, 3.63) is 42.5 Å². The van der Waals surface area contributed by atoms with E-state index in [1.807, 2.05) is 0 Å². The first-order valence-electron chi connectivity index (χ1n) is 8.07. The average molecular weight is 393 g/mol. The predicted molar refractivity (Wildman–Crippen MR) is 93.7 cm³/mol. The second kappa shape index (κ2) is 7.59. The number of fused-ring (bicyclic) bond motifs is 1. The van der Waals surface area contributed by atoms with Crippen molar-refractivity contribution in [3.63, 3.8) is 0 Å². The molecule has 0 bridgehead atoms. The molecule has 0 saturated heterocycles. The SMILES string of the molecule is O=C(O)CCC(=O)Nc1n[nH]c2cc(-c3ccc(OC(F)(F)F)cc3)ccc12. The summed E-state index contributed by atoms with van der Waals surface area (Å²) in [6.07, 6.45) is -5.21. The fourth-order valence-corrected chi connectivity index (χ4v) is 2.56. The van der Waals surface area contributed by atoms with E-state index in [-0.39, 0.29) is 24.4 Å². The number of benzene rings is 2. The molecule has 0 atom stereocenters. The number of hydrogen-bond acceptors (Lipinski definition) is 4. The van der Waals surface area contributed by atoms with Crippen molar-refractivity contribution < 1.29 is 32.6 Å². The Balaban J connectivity index is 1.76. The molecule has 1 heterocycles. The first kappa shape index (κ1) is 19.2. The normalized spacial score (nSPS) is 11.4. The lowest BCUT2D eigenvalue weighted by Crippen LogP contribution is -2.16. The number of ether oxygens (including phenoxy) is 1. The smallest absolute Gasteiger partial charge is 0.481 e. The third-order valence-corrected chi connectivity index (χ3v) is 3.81. The van der Waals surface area contributed by atoms with Crippen molar-refractivity contribution in [2.75, 3.05) is 5.32 Å². The van der Waals surface area contributed by atoms with E-state index in [2.05, 4.69) is 20.3 Å². The Labute approximate surface area is 156 Å². The summed E-state index contributed by atoms with van der Waals surface area (Å²) >= 11 is 0. The zero-order chi connectivity index (χ0) is 20.3. The van der Waals surface area contributed by atoms with E-state index in [4.69, 9.17) is 5.11 Å². The highest BCUT2D eigenvalue weighted by Crippen LogP contribution is 2.29. The van der Waals surface area contributed by atoms with E-state index < -0.39 is 18.2 Å². The van der Waals surface area contributed by atoms with Crippen LogP contribution in [0.4, 0.5) is 19.0 Å². The third-order valence-electron chi connectivity index (χ3n) is 3.81. The molecule has 3 aromatic rings. The number of carbonyl (C=O) groups excluding carboxylic acids is 1. The van der Waals surface area contributed by atoms with Gasteiger partial charge in [0.15, 0.2) is 5.82 Å². The lowest BCUT2D eigenvalue weighted by Gasteiger charge is -2.09. The molecule has 7 nitrogen and oxygen atoms in total. The highest BCUT2D eigenvalue weighted by atomic mass is 19.4. The van der Waals surface area contributed by atoms with Crippen molar-refractivity contribution >= 4 is 28.6 Å². The fourth-order valence-electron chi connectivity index (χ4n) is 2.56. The van der Waals surface area contributed by atoms with Crippen molar-refractivity contribution in [2.24, 2.45) is 0 Å². The summed E-state index contributed by atoms with van der Waals surface area (Å²) in [6.45, 7) is 0. The fraction of sp³-hybridized carbons (Fsp3) is 0.167. The number of aromatic amines is 1. The Hall–Kier alpha value is -3.56. The molecule has 28 heavy (non-hydrogen) atoms. The summed E-state index contributed by atoms with van der Waals surface area (Å²) in [5, 5.41) is 18.5. The number of carboxylic acids is 1. The molecular formula is C18H14F3N3O4. The quantitative estimate of drug-likeness (QED) is 0.589. The molecular weight excluding hydrogens is 379 g/mol. The molecule has 10 heteroatoms. The second-order valence-corrected chi connectivity index (χ2v) is 5.85. The number of amides is 1. The van der Waals surface area contributed by atoms with Crippen molar-refractivity contribution in [1.82, 2.24) is 10.2 Å². The number of carboxylic acid groups (broad SMARTS) is 1.